The molecule has 1 aromatic heterocycles. The quantitative estimate of drug-likeness (QED) is 0.907. The van der Waals surface area contributed by atoms with Crippen LogP contribution in [0.15, 0.2) is 47.1 Å². The number of anilines is 1. The highest BCUT2D eigenvalue weighted by atomic mass is 16.3. The Hall–Kier alpha value is -2.76. The Bertz CT molecular complexity index is 712. The highest BCUT2D eigenvalue weighted by Crippen LogP contribution is 2.20. The van der Waals surface area contributed by atoms with Crippen LogP contribution < -0.4 is 10.6 Å². The molecule has 126 valence electrons. The molecule has 0 radical (unpaired) electrons. The molecule has 1 aromatic carbocycles. The van der Waals surface area contributed by atoms with Crippen LogP contribution in [0.3, 0.4) is 0 Å². The molecule has 2 heterocycles. The van der Waals surface area contributed by atoms with E-state index in [2.05, 4.69) is 10.6 Å². The number of amides is 3. The second kappa shape index (κ2) is 7.21. The average Bonchev–Trinajstić information content (AvgIpc) is 3.24. The minimum absolute atomic E-state index is 0.150. The lowest BCUT2D eigenvalue weighted by molar-refractivity contribution is -0.124. The second-order valence-corrected chi connectivity index (χ2v) is 5.95. The molecule has 0 unspecified atom stereocenters. The van der Waals surface area contributed by atoms with Gasteiger partial charge in [-0.05, 0) is 49.6 Å². The third-order valence-corrected chi connectivity index (χ3v) is 4.10. The van der Waals surface area contributed by atoms with Crippen molar-refractivity contribution in [1.82, 2.24) is 10.2 Å². The van der Waals surface area contributed by atoms with Gasteiger partial charge in [0.25, 0.3) is 0 Å². The summed E-state index contributed by atoms with van der Waals surface area (Å²) in [5.74, 6) is 0.542. The van der Waals surface area contributed by atoms with Crippen molar-refractivity contribution in [2.24, 2.45) is 0 Å². The summed E-state index contributed by atoms with van der Waals surface area (Å²) in [4.78, 5) is 26.5. The van der Waals surface area contributed by atoms with Gasteiger partial charge in [-0.25, -0.2) is 4.79 Å². The molecule has 2 N–H and O–H groups in total. The molecule has 2 aromatic rings. The third-order valence-electron chi connectivity index (χ3n) is 4.10. The summed E-state index contributed by atoms with van der Waals surface area (Å²) in [7, 11) is 0. The Morgan fingerprint density at radius 2 is 2.17 bits per heavy atom. The molecule has 1 atom stereocenters. The first-order valence-electron chi connectivity index (χ1n) is 8.08. The van der Waals surface area contributed by atoms with Crippen LogP contribution >= 0.6 is 0 Å². The monoisotopic (exact) mass is 327 g/mol. The molecular formula is C18H21N3O3. The molecule has 6 heteroatoms. The smallest absolute Gasteiger partial charge is 0.322 e. The molecule has 0 spiro atoms. The number of likely N-dealkylation sites (tertiary alicyclic amines) is 1. The van der Waals surface area contributed by atoms with Crippen molar-refractivity contribution >= 4 is 17.6 Å². The van der Waals surface area contributed by atoms with Crippen LogP contribution in [-0.4, -0.2) is 29.4 Å². The van der Waals surface area contributed by atoms with E-state index in [1.165, 1.54) is 0 Å². The summed E-state index contributed by atoms with van der Waals surface area (Å²) in [5, 5.41) is 5.70. The number of carbonyl (C=O) groups is 2. The molecule has 1 aliphatic heterocycles. The van der Waals surface area contributed by atoms with Gasteiger partial charge in [-0.15, -0.1) is 0 Å². The number of aryl methyl sites for hydroxylation is 1. The molecule has 24 heavy (non-hydrogen) atoms. The number of benzene rings is 1. The number of urea groups is 1. The summed E-state index contributed by atoms with van der Waals surface area (Å²) in [6.07, 6.45) is 3.06. The van der Waals surface area contributed by atoms with Crippen molar-refractivity contribution in [2.45, 2.75) is 32.4 Å². The molecule has 1 aliphatic rings. The molecule has 6 nitrogen and oxygen atoms in total. The fourth-order valence-electron chi connectivity index (χ4n) is 2.91. The highest BCUT2D eigenvalue weighted by Gasteiger charge is 2.34. The van der Waals surface area contributed by atoms with Gasteiger partial charge in [-0.3, -0.25) is 4.79 Å². The number of hydrogen-bond acceptors (Lipinski definition) is 3. The van der Waals surface area contributed by atoms with Crippen LogP contribution in [0.2, 0.25) is 0 Å². The van der Waals surface area contributed by atoms with E-state index in [-0.39, 0.29) is 11.9 Å². The van der Waals surface area contributed by atoms with E-state index in [4.69, 9.17) is 4.42 Å². The summed E-state index contributed by atoms with van der Waals surface area (Å²) in [6, 6.07) is 10.5. The van der Waals surface area contributed by atoms with Crippen molar-refractivity contribution < 1.29 is 14.0 Å². The van der Waals surface area contributed by atoms with Crippen molar-refractivity contribution in [3.05, 3.63) is 54.0 Å². The topological polar surface area (TPSA) is 74.6 Å². The first-order valence-corrected chi connectivity index (χ1v) is 8.08. The molecule has 1 fully saturated rings. The maximum Gasteiger partial charge on any atom is 0.322 e. The molecule has 3 amide bonds. The summed E-state index contributed by atoms with van der Waals surface area (Å²) >= 11 is 0. The molecule has 0 bridgehead atoms. The Kier molecular flexibility index (Phi) is 4.84. The Balaban J connectivity index is 1.59. The standard InChI is InChI=1S/C18H21N3O3/c1-13-5-2-6-14(11-13)20-18(23)21-9-3-8-16(21)17(22)19-12-15-7-4-10-24-15/h2,4-7,10-11,16H,3,8-9,12H2,1H3,(H,19,22)(H,20,23)/t16-/m0/s1. The fraction of sp³-hybridized carbons (Fsp3) is 0.333. The Labute approximate surface area is 140 Å². The largest absolute Gasteiger partial charge is 0.467 e. The molecule has 0 aliphatic carbocycles. The minimum atomic E-state index is -0.440. The van der Waals surface area contributed by atoms with Crippen LogP contribution in [0.25, 0.3) is 0 Å². The lowest BCUT2D eigenvalue weighted by Crippen LogP contribution is -2.47. The van der Waals surface area contributed by atoms with Gasteiger partial charge in [0.15, 0.2) is 0 Å². The SMILES string of the molecule is Cc1cccc(NC(=O)N2CCC[C@H]2C(=O)NCc2ccco2)c1. The van der Waals surface area contributed by atoms with E-state index in [0.29, 0.717) is 25.3 Å². The minimum Gasteiger partial charge on any atom is -0.467 e. The number of nitrogens with zero attached hydrogens (tertiary/aromatic N) is 1. The maximum absolute atomic E-state index is 12.5. The van der Waals surface area contributed by atoms with E-state index >= 15 is 0 Å². The zero-order valence-corrected chi connectivity index (χ0v) is 13.6. The van der Waals surface area contributed by atoms with Crippen LogP contribution in [0.1, 0.15) is 24.2 Å². The van der Waals surface area contributed by atoms with Crippen molar-refractivity contribution in [3.63, 3.8) is 0 Å². The van der Waals surface area contributed by atoms with E-state index < -0.39 is 6.04 Å². The van der Waals surface area contributed by atoms with Crippen LogP contribution in [0, 0.1) is 6.92 Å². The third kappa shape index (κ3) is 3.76. The molecular weight excluding hydrogens is 306 g/mol. The first-order chi connectivity index (χ1) is 11.6. The zero-order chi connectivity index (χ0) is 16.9. The van der Waals surface area contributed by atoms with Crippen molar-refractivity contribution in [2.75, 3.05) is 11.9 Å². The van der Waals surface area contributed by atoms with E-state index in [0.717, 1.165) is 17.7 Å². The highest BCUT2D eigenvalue weighted by molar-refractivity contribution is 5.94. The van der Waals surface area contributed by atoms with Gasteiger partial charge in [0.05, 0.1) is 12.8 Å². The van der Waals surface area contributed by atoms with Crippen molar-refractivity contribution in [1.29, 1.82) is 0 Å². The fourth-order valence-corrected chi connectivity index (χ4v) is 2.91. The Morgan fingerprint density at radius 3 is 2.92 bits per heavy atom. The maximum atomic E-state index is 12.5. The normalized spacial score (nSPS) is 16.9. The second-order valence-electron chi connectivity index (χ2n) is 5.95. The lowest BCUT2D eigenvalue weighted by Gasteiger charge is -2.24. The summed E-state index contributed by atoms with van der Waals surface area (Å²) in [5.41, 5.74) is 1.81. The van der Waals surface area contributed by atoms with Gasteiger partial charge in [-0.1, -0.05) is 12.1 Å². The van der Waals surface area contributed by atoms with Gasteiger partial charge in [0, 0.05) is 12.2 Å². The van der Waals surface area contributed by atoms with Crippen molar-refractivity contribution in [3.8, 4) is 0 Å². The Morgan fingerprint density at radius 1 is 1.29 bits per heavy atom. The molecule has 0 saturated carbocycles. The van der Waals surface area contributed by atoms with E-state index in [1.807, 2.05) is 31.2 Å². The van der Waals surface area contributed by atoms with Gasteiger partial charge in [0.1, 0.15) is 11.8 Å². The zero-order valence-electron chi connectivity index (χ0n) is 13.6. The van der Waals surface area contributed by atoms with E-state index in [9.17, 15) is 9.59 Å². The molecule has 1 saturated heterocycles. The predicted octanol–water partition coefficient (Wildman–Crippen LogP) is 2.90. The van der Waals surface area contributed by atoms with E-state index in [1.54, 1.807) is 23.3 Å². The predicted molar refractivity (Wildman–Crippen MR) is 90.5 cm³/mol. The summed E-state index contributed by atoms with van der Waals surface area (Å²) in [6.45, 7) is 2.88. The van der Waals surface area contributed by atoms with Crippen LogP contribution in [-0.2, 0) is 11.3 Å². The van der Waals surface area contributed by atoms with Gasteiger partial charge >= 0.3 is 6.03 Å². The number of hydrogen-bond donors (Lipinski definition) is 2. The average molecular weight is 327 g/mol. The number of carbonyl (C=O) groups excluding carboxylic acids is 2. The molecule has 3 rings (SSSR count). The van der Waals surface area contributed by atoms with Crippen LogP contribution in [0.5, 0.6) is 0 Å². The number of rotatable bonds is 4. The van der Waals surface area contributed by atoms with Gasteiger partial charge in [-0.2, -0.15) is 0 Å². The summed E-state index contributed by atoms with van der Waals surface area (Å²) < 4.78 is 5.20. The number of nitrogens with one attached hydrogen (secondary N) is 2. The lowest BCUT2D eigenvalue weighted by atomic mass is 10.2. The first kappa shape index (κ1) is 16.1. The van der Waals surface area contributed by atoms with Crippen LogP contribution in [0.4, 0.5) is 10.5 Å². The van der Waals surface area contributed by atoms with Gasteiger partial charge in [0.2, 0.25) is 5.91 Å². The number of furan rings is 1. The van der Waals surface area contributed by atoms with Gasteiger partial charge < -0.3 is 20.0 Å².